The number of benzene rings is 8. The summed E-state index contributed by atoms with van der Waals surface area (Å²) in [4.78, 5) is 17.7. The highest BCUT2D eigenvalue weighted by Crippen LogP contribution is 2.62. The highest BCUT2D eigenvalue weighted by atomic mass is 32.2. The Morgan fingerprint density at radius 2 is 0.883 bits per heavy atom. The molecule has 1 aliphatic carbocycles. The minimum atomic E-state index is -0.494. The van der Waals surface area contributed by atoms with Gasteiger partial charge in [0.1, 0.15) is 0 Å². The summed E-state index contributed by atoms with van der Waals surface area (Å²) >= 11 is 1.85. The van der Waals surface area contributed by atoms with Gasteiger partial charge >= 0.3 is 0 Å². The van der Waals surface area contributed by atoms with Gasteiger partial charge in [-0.05, 0) is 74.2 Å². The van der Waals surface area contributed by atoms with Crippen LogP contribution in [0.15, 0.2) is 222 Å². The lowest BCUT2D eigenvalue weighted by atomic mass is 9.67. The first kappa shape index (κ1) is 34.6. The lowest BCUT2D eigenvalue weighted by molar-refractivity contribution is 0.723. The smallest absolute Gasteiger partial charge is 0.160 e. The number of hydrogen-bond acceptors (Lipinski definition) is 4. The van der Waals surface area contributed by atoms with Crippen LogP contribution in [-0.4, -0.2) is 15.0 Å². The Labute approximate surface area is 353 Å². The molecule has 2 aliphatic rings. The van der Waals surface area contributed by atoms with Crippen LogP contribution in [0.5, 0.6) is 0 Å². The van der Waals surface area contributed by atoms with Gasteiger partial charge in [-0.15, -0.1) is 0 Å². The van der Waals surface area contributed by atoms with E-state index in [1.54, 1.807) is 0 Å². The van der Waals surface area contributed by atoms with E-state index in [1.165, 1.54) is 59.7 Å². The van der Waals surface area contributed by atoms with Crippen molar-refractivity contribution in [2.75, 3.05) is 0 Å². The van der Waals surface area contributed by atoms with Crippen LogP contribution in [0, 0.1) is 0 Å². The van der Waals surface area contributed by atoms with Crippen LogP contribution in [0.3, 0.4) is 0 Å². The molecular weight excluding hydrogens is 747 g/mol. The van der Waals surface area contributed by atoms with Crippen molar-refractivity contribution in [1.29, 1.82) is 0 Å². The van der Waals surface area contributed by atoms with Crippen molar-refractivity contribution in [3.8, 4) is 67.4 Å². The highest BCUT2D eigenvalue weighted by molar-refractivity contribution is 7.99. The fourth-order valence-electron chi connectivity index (χ4n) is 9.49. The van der Waals surface area contributed by atoms with Crippen molar-refractivity contribution in [3.63, 3.8) is 0 Å². The summed E-state index contributed by atoms with van der Waals surface area (Å²) in [6, 6.07) is 74.2. The molecular formula is C56H35N3S. The van der Waals surface area contributed by atoms with Crippen molar-refractivity contribution in [2.24, 2.45) is 0 Å². The summed E-state index contributed by atoms with van der Waals surface area (Å²) in [6.45, 7) is 0. The Bertz CT molecular complexity index is 3180. The second-order valence-electron chi connectivity index (χ2n) is 15.5. The third-order valence-corrected chi connectivity index (χ3v) is 13.3. The molecule has 0 saturated carbocycles. The molecule has 60 heavy (non-hydrogen) atoms. The van der Waals surface area contributed by atoms with Crippen molar-refractivity contribution < 1.29 is 0 Å². The number of pyridine rings is 1. The third-order valence-electron chi connectivity index (χ3n) is 12.2. The van der Waals surface area contributed by atoms with Crippen LogP contribution in [0.1, 0.15) is 22.3 Å². The predicted molar refractivity (Wildman–Crippen MR) is 246 cm³/mol. The van der Waals surface area contributed by atoms with Crippen molar-refractivity contribution >= 4 is 22.5 Å². The van der Waals surface area contributed by atoms with Gasteiger partial charge in [0.2, 0.25) is 0 Å². The van der Waals surface area contributed by atoms with Gasteiger partial charge in [-0.2, -0.15) is 0 Å². The summed E-state index contributed by atoms with van der Waals surface area (Å²) in [5, 5.41) is 2.35. The maximum atomic E-state index is 5.23. The van der Waals surface area contributed by atoms with Gasteiger partial charge < -0.3 is 0 Å². The molecule has 3 heterocycles. The first-order chi connectivity index (χ1) is 29.7. The second kappa shape index (κ2) is 13.9. The average molecular weight is 782 g/mol. The molecule has 0 fully saturated rings. The highest BCUT2D eigenvalue weighted by Gasteiger charge is 2.50. The monoisotopic (exact) mass is 781 g/mol. The van der Waals surface area contributed by atoms with Crippen LogP contribution in [0.4, 0.5) is 0 Å². The van der Waals surface area contributed by atoms with E-state index < -0.39 is 5.41 Å². The molecule has 3 nitrogen and oxygen atoms in total. The molecule has 10 aromatic rings. The van der Waals surface area contributed by atoms with E-state index in [4.69, 9.17) is 15.0 Å². The fraction of sp³-hybridized carbons (Fsp3) is 0.0179. The summed E-state index contributed by atoms with van der Waals surface area (Å²) in [7, 11) is 0. The maximum absolute atomic E-state index is 5.23. The molecule has 280 valence electrons. The van der Waals surface area contributed by atoms with Crippen molar-refractivity contribution in [2.45, 2.75) is 15.2 Å². The fourth-order valence-corrected chi connectivity index (χ4v) is 10.8. The maximum Gasteiger partial charge on any atom is 0.160 e. The topological polar surface area (TPSA) is 38.7 Å². The van der Waals surface area contributed by atoms with E-state index in [2.05, 4.69) is 194 Å². The molecule has 2 aromatic heterocycles. The molecule has 0 saturated heterocycles. The van der Waals surface area contributed by atoms with E-state index in [0.717, 1.165) is 44.7 Å². The minimum absolute atomic E-state index is 0.494. The molecule has 4 heteroatoms. The SMILES string of the molecule is c1ccc(-c2cc(-c3ccccc3)nc(-c3ccc4c(c3)Sc3cc(-c5ccc(-c6nccc7ccccc67)cc5)ccc3C43c4ccccc4-c4ccccc43)n2)cc1. The lowest BCUT2D eigenvalue weighted by Gasteiger charge is -2.40. The molecule has 0 amide bonds. The van der Waals surface area contributed by atoms with Gasteiger partial charge in [-0.1, -0.05) is 194 Å². The summed E-state index contributed by atoms with van der Waals surface area (Å²) in [5.41, 5.74) is 16.7. The predicted octanol–water partition coefficient (Wildman–Crippen LogP) is 14.2. The number of aromatic nitrogens is 3. The second-order valence-corrected chi connectivity index (χ2v) is 16.6. The molecule has 0 bridgehead atoms. The molecule has 12 rings (SSSR count). The zero-order valence-corrected chi connectivity index (χ0v) is 33.3. The molecule has 1 aliphatic heterocycles. The zero-order valence-electron chi connectivity index (χ0n) is 32.5. The van der Waals surface area contributed by atoms with Gasteiger partial charge in [-0.3, -0.25) is 4.98 Å². The van der Waals surface area contributed by atoms with E-state index in [0.29, 0.717) is 5.82 Å². The van der Waals surface area contributed by atoms with Crippen molar-refractivity contribution in [3.05, 3.63) is 235 Å². The van der Waals surface area contributed by atoms with Crippen LogP contribution in [0.2, 0.25) is 0 Å². The Balaban J connectivity index is 1.03. The Morgan fingerprint density at radius 1 is 0.367 bits per heavy atom. The molecule has 0 radical (unpaired) electrons. The van der Waals surface area contributed by atoms with Crippen LogP contribution >= 0.6 is 11.8 Å². The normalized spacial score (nSPS) is 13.1. The summed E-state index contributed by atoms with van der Waals surface area (Å²) < 4.78 is 0. The largest absolute Gasteiger partial charge is 0.256 e. The third kappa shape index (κ3) is 5.42. The summed E-state index contributed by atoms with van der Waals surface area (Å²) in [5.74, 6) is 0.709. The van der Waals surface area contributed by atoms with Crippen LogP contribution in [-0.2, 0) is 5.41 Å². The van der Waals surface area contributed by atoms with Gasteiger partial charge in [0.15, 0.2) is 5.82 Å². The standard InChI is InChI=1S/C56H35N3S/c1-3-14-38(15-4-1)50-35-51(39-16-5-2-6-17-39)59-55(58-50)42-28-30-49-53(34-42)60-52-33-41(36-23-25-40(26-24-36)54-43-18-8-7-13-37(43)31-32-57-54)27-29-48(52)56(49)46-21-11-9-19-44(46)45-20-10-12-22-47(45)56/h1-35H. The van der Waals surface area contributed by atoms with Gasteiger partial charge in [0, 0.05) is 43.6 Å². The summed E-state index contributed by atoms with van der Waals surface area (Å²) in [6.07, 6.45) is 1.90. The molecule has 1 spiro atoms. The molecule has 0 atom stereocenters. The van der Waals surface area contributed by atoms with E-state index in [9.17, 15) is 0 Å². The molecule has 0 unspecified atom stereocenters. The number of nitrogens with zero attached hydrogens (tertiary/aromatic N) is 3. The Hall–Kier alpha value is -7.40. The van der Waals surface area contributed by atoms with E-state index in [-0.39, 0.29) is 0 Å². The number of hydrogen-bond donors (Lipinski definition) is 0. The van der Waals surface area contributed by atoms with E-state index >= 15 is 0 Å². The van der Waals surface area contributed by atoms with Gasteiger partial charge in [0.25, 0.3) is 0 Å². The van der Waals surface area contributed by atoms with Crippen LogP contribution < -0.4 is 0 Å². The van der Waals surface area contributed by atoms with E-state index in [1.807, 2.05) is 30.1 Å². The van der Waals surface area contributed by atoms with Gasteiger partial charge in [-0.25, -0.2) is 9.97 Å². The molecule has 8 aromatic carbocycles. The van der Waals surface area contributed by atoms with Crippen molar-refractivity contribution in [1.82, 2.24) is 15.0 Å². The number of rotatable bonds is 5. The Morgan fingerprint density at radius 3 is 1.53 bits per heavy atom. The average Bonchev–Trinajstić information content (AvgIpc) is 3.62. The first-order valence-electron chi connectivity index (χ1n) is 20.3. The quantitative estimate of drug-likeness (QED) is 0.174. The number of fused-ring (bicyclic) bond motifs is 10. The zero-order chi connectivity index (χ0) is 39.6. The first-order valence-corrected chi connectivity index (χ1v) is 21.2. The Kier molecular flexibility index (Phi) is 8.00. The lowest BCUT2D eigenvalue weighted by Crippen LogP contribution is -2.32. The van der Waals surface area contributed by atoms with Gasteiger partial charge in [0.05, 0.1) is 22.5 Å². The minimum Gasteiger partial charge on any atom is -0.256 e. The molecule has 0 N–H and O–H groups in total. The van der Waals surface area contributed by atoms with Crippen LogP contribution in [0.25, 0.3) is 78.2 Å².